The van der Waals surface area contributed by atoms with E-state index >= 15 is 0 Å². The third kappa shape index (κ3) is 2.49. The van der Waals surface area contributed by atoms with Crippen LogP contribution in [0.1, 0.15) is 15.9 Å². The van der Waals surface area contributed by atoms with Crippen LogP contribution >= 0.6 is 0 Å². The van der Waals surface area contributed by atoms with E-state index in [1.807, 2.05) is 5.32 Å². The lowest BCUT2D eigenvalue weighted by Crippen LogP contribution is -2.17. The molecule has 0 aliphatic heterocycles. The Bertz CT molecular complexity index is 685. The fourth-order valence-corrected chi connectivity index (χ4v) is 1.63. The maximum absolute atomic E-state index is 13.7. The van der Waals surface area contributed by atoms with Gasteiger partial charge in [0.15, 0.2) is 17.5 Å². The highest BCUT2D eigenvalue weighted by atomic mass is 19.2. The predicted molar refractivity (Wildman–Crippen MR) is 65.4 cm³/mol. The molecule has 104 valence electrons. The van der Waals surface area contributed by atoms with Crippen molar-refractivity contribution in [1.82, 2.24) is 0 Å². The molecule has 2 rings (SSSR count). The van der Waals surface area contributed by atoms with Crippen molar-refractivity contribution < 1.29 is 22.4 Å². The molecule has 0 spiro atoms. The van der Waals surface area contributed by atoms with E-state index in [9.17, 15) is 22.4 Å². The van der Waals surface area contributed by atoms with Gasteiger partial charge in [-0.2, -0.15) is 0 Å². The molecule has 6 heteroatoms. The molecular weight excluding hydrogens is 274 g/mol. The van der Waals surface area contributed by atoms with Crippen LogP contribution in [0, 0.1) is 30.2 Å². The number of halogens is 4. The normalized spacial score (nSPS) is 10.4. The molecular formula is C14H9F4NO. The zero-order chi connectivity index (χ0) is 14.9. The zero-order valence-corrected chi connectivity index (χ0v) is 10.3. The average molecular weight is 283 g/mol. The molecule has 0 radical (unpaired) electrons. The van der Waals surface area contributed by atoms with E-state index in [1.54, 1.807) is 0 Å². The van der Waals surface area contributed by atoms with Gasteiger partial charge in [-0.05, 0) is 30.7 Å². The molecule has 20 heavy (non-hydrogen) atoms. The standard InChI is InChI=1S/C14H9F4NO/c1-7-5-6-10(16)13(11(7)17)19-14(20)8-3-2-4-9(15)12(8)18/h2-6H,1H3,(H,19,20). The van der Waals surface area contributed by atoms with Crippen molar-refractivity contribution in [2.24, 2.45) is 0 Å². The van der Waals surface area contributed by atoms with Crippen LogP contribution in [-0.4, -0.2) is 5.91 Å². The molecule has 0 bridgehead atoms. The minimum atomic E-state index is -1.38. The zero-order valence-electron chi connectivity index (χ0n) is 10.3. The highest BCUT2D eigenvalue weighted by molar-refractivity contribution is 6.04. The summed E-state index contributed by atoms with van der Waals surface area (Å²) >= 11 is 0. The van der Waals surface area contributed by atoms with Crippen molar-refractivity contribution in [1.29, 1.82) is 0 Å². The first-order valence-electron chi connectivity index (χ1n) is 5.61. The maximum atomic E-state index is 13.7. The number of benzene rings is 2. The van der Waals surface area contributed by atoms with Crippen LogP contribution in [-0.2, 0) is 0 Å². The Hall–Kier alpha value is -2.37. The molecule has 0 heterocycles. The molecule has 2 aromatic carbocycles. The van der Waals surface area contributed by atoms with Gasteiger partial charge in [-0.15, -0.1) is 0 Å². The summed E-state index contributed by atoms with van der Waals surface area (Å²) in [6, 6.07) is 5.13. The summed E-state index contributed by atoms with van der Waals surface area (Å²) in [5.74, 6) is -5.69. The monoisotopic (exact) mass is 283 g/mol. The number of carbonyl (C=O) groups is 1. The molecule has 0 aromatic heterocycles. The fourth-order valence-electron chi connectivity index (χ4n) is 1.63. The van der Waals surface area contributed by atoms with E-state index in [1.165, 1.54) is 13.0 Å². The van der Waals surface area contributed by atoms with Crippen LogP contribution in [0.4, 0.5) is 23.2 Å². The summed E-state index contributed by atoms with van der Waals surface area (Å²) in [6.07, 6.45) is 0. The third-order valence-electron chi connectivity index (χ3n) is 2.72. The van der Waals surface area contributed by atoms with Crippen LogP contribution in [0.25, 0.3) is 0 Å². The molecule has 0 fully saturated rings. The SMILES string of the molecule is Cc1ccc(F)c(NC(=O)c2cccc(F)c2F)c1F. The van der Waals surface area contributed by atoms with Crippen LogP contribution in [0.3, 0.4) is 0 Å². The van der Waals surface area contributed by atoms with Gasteiger partial charge >= 0.3 is 0 Å². The second kappa shape index (κ2) is 5.32. The highest BCUT2D eigenvalue weighted by Crippen LogP contribution is 2.23. The third-order valence-corrected chi connectivity index (χ3v) is 2.72. The number of hydrogen-bond donors (Lipinski definition) is 1. The number of aryl methyl sites for hydroxylation is 1. The molecule has 0 saturated heterocycles. The lowest BCUT2D eigenvalue weighted by atomic mass is 10.1. The van der Waals surface area contributed by atoms with Gasteiger partial charge in [-0.1, -0.05) is 12.1 Å². The number of carbonyl (C=O) groups excluding carboxylic acids is 1. The van der Waals surface area contributed by atoms with E-state index in [-0.39, 0.29) is 5.56 Å². The van der Waals surface area contributed by atoms with Crippen molar-refractivity contribution >= 4 is 11.6 Å². The molecule has 2 nitrogen and oxygen atoms in total. The number of amides is 1. The predicted octanol–water partition coefficient (Wildman–Crippen LogP) is 3.80. The molecule has 0 atom stereocenters. The van der Waals surface area contributed by atoms with Gasteiger partial charge in [0.1, 0.15) is 11.5 Å². The van der Waals surface area contributed by atoms with E-state index in [2.05, 4.69) is 0 Å². The number of hydrogen-bond acceptors (Lipinski definition) is 1. The largest absolute Gasteiger partial charge is 0.317 e. The molecule has 1 amide bonds. The first-order chi connectivity index (χ1) is 9.41. The van der Waals surface area contributed by atoms with Gasteiger partial charge < -0.3 is 5.32 Å². The van der Waals surface area contributed by atoms with Gasteiger partial charge in [0, 0.05) is 0 Å². The molecule has 1 N–H and O–H groups in total. The molecule has 0 aliphatic carbocycles. The Kier molecular flexibility index (Phi) is 3.74. The van der Waals surface area contributed by atoms with Crippen LogP contribution < -0.4 is 5.32 Å². The van der Waals surface area contributed by atoms with Crippen LogP contribution in [0.2, 0.25) is 0 Å². The van der Waals surface area contributed by atoms with Gasteiger partial charge in [-0.25, -0.2) is 17.6 Å². The first kappa shape index (κ1) is 14.0. The van der Waals surface area contributed by atoms with Crippen molar-refractivity contribution in [3.63, 3.8) is 0 Å². The quantitative estimate of drug-likeness (QED) is 0.834. The van der Waals surface area contributed by atoms with Crippen molar-refractivity contribution in [3.05, 3.63) is 64.7 Å². The molecule has 0 saturated carbocycles. The van der Waals surface area contributed by atoms with Crippen LogP contribution in [0.5, 0.6) is 0 Å². The Labute approximate surface area is 112 Å². The van der Waals surface area contributed by atoms with Gasteiger partial charge in [0.2, 0.25) is 0 Å². The number of rotatable bonds is 2. The minimum absolute atomic E-state index is 0.112. The van der Waals surface area contributed by atoms with Crippen molar-refractivity contribution in [2.75, 3.05) is 5.32 Å². The average Bonchev–Trinajstić information content (AvgIpc) is 2.42. The summed E-state index contributed by atoms with van der Waals surface area (Å²) in [5, 5.41) is 1.91. The lowest BCUT2D eigenvalue weighted by molar-refractivity contribution is 0.102. The maximum Gasteiger partial charge on any atom is 0.258 e. The number of nitrogens with one attached hydrogen (secondary N) is 1. The first-order valence-corrected chi connectivity index (χ1v) is 5.61. The Balaban J connectivity index is 2.38. The van der Waals surface area contributed by atoms with E-state index in [4.69, 9.17) is 0 Å². The Morgan fingerprint density at radius 1 is 0.950 bits per heavy atom. The van der Waals surface area contributed by atoms with E-state index in [0.29, 0.717) is 0 Å². The van der Waals surface area contributed by atoms with E-state index < -0.39 is 40.4 Å². The summed E-state index contributed by atoms with van der Waals surface area (Å²) in [6.45, 7) is 1.38. The van der Waals surface area contributed by atoms with Gasteiger partial charge in [-0.3, -0.25) is 4.79 Å². The lowest BCUT2D eigenvalue weighted by Gasteiger charge is -2.10. The molecule has 0 unspecified atom stereocenters. The highest BCUT2D eigenvalue weighted by Gasteiger charge is 2.19. The van der Waals surface area contributed by atoms with Gasteiger partial charge in [0.25, 0.3) is 5.91 Å². The second-order valence-corrected chi connectivity index (χ2v) is 4.11. The Morgan fingerprint density at radius 2 is 1.65 bits per heavy atom. The van der Waals surface area contributed by atoms with Crippen LogP contribution in [0.15, 0.2) is 30.3 Å². The summed E-state index contributed by atoms with van der Waals surface area (Å²) < 4.78 is 53.6. The summed E-state index contributed by atoms with van der Waals surface area (Å²) in [5.41, 5.74) is -1.22. The van der Waals surface area contributed by atoms with Crippen molar-refractivity contribution in [2.45, 2.75) is 6.92 Å². The summed E-state index contributed by atoms with van der Waals surface area (Å²) in [7, 11) is 0. The summed E-state index contributed by atoms with van der Waals surface area (Å²) in [4.78, 5) is 11.8. The molecule has 2 aromatic rings. The Morgan fingerprint density at radius 3 is 2.35 bits per heavy atom. The molecule has 0 aliphatic rings. The van der Waals surface area contributed by atoms with Crippen molar-refractivity contribution in [3.8, 4) is 0 Å². The van der Waals surface area contributed by atoms with E-state index in [0.717, 1.165) is 24.3 Å². The minimum Gasteiger partial charge on any atom is -0.317 e. The number of anilines is 1. The fraction of sp³-hybridized carbons (Fsp3) is 0.0714. The topological polar surface area (TPSA) is 29.1 Å². The second-order valence-electron chi connectivity index (χ2n) is 4.11. The smallest absolute Gasteiger partial charge is 0.258 e. The van der Waals surface area contributed by atoms with Gasteiger partial charge in [0.05, 0.1) is 5.56 Å².